The smallest absolute Gasteiger partial charge is 0.215 e. The summed E-state index contributed by atoms with van der Waals surface area (Å²) in [5.41, 5.74) is 1.51. The molecule has 3 heterocycles. The number of halogens is 2. The minimum atomic E-state index is -0.227. The van der Waals surface area contributed by atoms with Gasteiger partial charge in [0, 0.05) is 24.8 Å². The van der Waals surface area contributed by atoms with Crippen molar-refractivity contribution in [3.8, 4) is 0 Å². The SMILES string of the molecule is O=C(c1cccc(Cl)c1Cl)c1nc(CN2CCOCC2)n2ccccc12. The topological polar surface area (TPSA) is 46.8 Å². The van der Waals surface area contributed by atoms with Crippen molar-refractivity contribution >= 4 is 34.5 Å². The third-order valence-corrected chi connectivity index (χ3v) is 5.32. The van der Waals surface area contributed by atoms with Crippen molar-refractivity contribution in [3.63, 3.8) is 0 Å². The normalized spacial score (nSPS) is 15.5. The lowest BCUT2D eigenvalue weighted by Gasteiger charge is -2.25. The second-order valence-corrected chi connectivity index (χ2v) is 6.94. The predicted octanol–water partition coefficient (Wildman–Crippen LogP) is 3.70. The molecule has 0 bridgehead atoms. The summed E-state index contributed by atoms with van der Waals surface area (Å²) in [6.45, 7) is 3.79. The number of carbonyl (C=O) groups is 1. The fourth-order valence-corrected chi connectivity index (χ4v) is 3.53. The van der Waals surface area contributed by atoms with E-state index >= 15 is 0 Å². The molecule has 1 aliphatic rings. The van der Waals surface area contributed by atoms with Gasteiger partial charge >= 0.3 is 0 Å². The van der Waals surface area contributed by atoms with E-state index in [4.69, 9.17) is 27.9 Å². The molecule has 2 aromatic heterocycles. The van der Waals surface area contributed by atoms with Crippen LogP contribution in [0.15, 0.2) is 42.6 Å². The van der Waals surface area contributed by atoms with Gasteiger partial charge in [0.2, 0.25) is 5.78 Å². The minimum Gasteiger partial charge on any atom is -0.379 e. The van der Waals surface area contributed by atoms with E-state index in [0.717, 1.165) is 24.4 Å². The van der Waals surface area contributed by atoms with Gasteiger partial charge in [-0.05, 0) is 24.3 Å². The summed E-state index contributed by atoms with van der Waals surface area (Å²) in [7, 11) is 0. The van der Waals surface area contributed by atoms with Crippen LogP contribution >= 0.6 is 23.2 Å². The quantitative estimate of drug-likeness (QED) is 0.638. The number of benzene rings is 1. The maximum atomic E-state index is 13.1. The van der Waals surface area contributed by atoms with Crippen LogP contribution in [0.1, 0.15) is 21.9 Å². The Labute approximate surface area is 161 Å². The van der Waals surface area contributed by atoms with E-state index in [-0.39, 0.29) is 10.8 Å². The van der Waals surface area contributed by atoms with Crippen LogP contribution in [0.25, 0.3) is 5.52 Å². The van der Waals surface area contributed by atoms with Crippen LogP contribution in [0, 0.1) is 0 Å². The van der Waals surface area contributed by atoms with Crippen molar-refractivity contribution in [1.82, 2.24) is 14.3 Å². The maximum absolute atomic E-state index is 13.1. The largest absolute Gasteiger partial charge is 0.379 e. The molecule has 26 heavy (non-hydrogen) atoms. The Morgan fingerprint density at radius 3 is 2.73 bits per heavy atom. The van der Waals surface area contributed by atoms with E-state index in [1.807, 2.05) is 28.8 Å². The Kier molecular flexibility index (Phi) is 4.96. The molecule has 134 valence electrons. The highest BCUT2D eigenvalue weighted by molar-refractivity contribution is 6.44. The molecule has 1 aromatic carbocycles. The highest BCUT2D eigenvalue weighted by Gasteiger charge is 2.23. The van der Waals surface area contributed by atoms with E-state index in [1.165, 1.54) is 0 Å². The molecule has 1 fully saturated rings. The summed E-state index contributed by atoms with van der Waals surface area (Å²) in [5.74, 6) is 0.596. The second-order valence-electron chi connectivity index (χ2n) is 6.15. The van der Waals surface area contributed by atoms with Gasteiger partial charge in [-0.15, -0.1) is 0 Å². The number of ketones is 1. The third-order valence-electron chi connectivity index (χ3n) is 4.50. The molecule has 0 unspecified atom stereocenters. The van der Waals surface area contributed by atoms with Crippen molar-refractivity contribution in [2.75, 3.05) is 26.3 Å². The minimum absolute atomic E-state index is 0.227. The number of fused-ring (bicyclic) bond motifs is 1. The molecule has 0 spiro atoms. The first-order valence-corrected chi connectivity index (χ1v) is 9.15. The zero-order valence-electron chi connectivity index (χ0n) is 14.0. The molecule has 7 heteroatoms. The lowest BCUT2D eigenvalue weighted by molar-refractivity contribution is 0.0330. The number of nitrogens with zero attached hydrogens (tertiary/aromatic N) is 3. The van der Waals surface area contributed by atoms with Crippen molar-refractivity contribution in [2.45, 2.75) is 6.54 Å². The van der Waals surface area contributed by atoms with E-state index in [1.54, 1.807) is 18.2 Å². The zero-order valence-corrected chi connectivity index (χ0v) is 15.5. The van der Waals surface area contributed by atoms with Gasteiger partial charge in [-0.2, -0.15) is 0 Å². The monoisotopic (exact) mass is 389 g/mol. The predicted molar refractivity (Wildman–Crippen MR) is 101 cm³/mol. The number of pyridine rings is 1. The summed E-state index contributed by atoms with van der Waals surface area (Å²) < 4.78 is 7.36. The van der Waals surface area contributed by atoms with Crippen LogP contribution in [-0.4, -0.2) is 46.4 Å². The highest BCUT2D eigenvalue weighted by atomic mass is 35.5. The number of ether oxygens (including phenoxy) is 1. The molecule has 4 rings (SSSR count). The standard InChI is InChI=1S/C19H17Cl2N3O2/c20-14-5-3-4-13(17(14)21)19(25)18-15-6-1-2-7-24(15)16(22-18)12-23-8-10-26-11-9-23/h1-7H,8-12H2. The summed E-state index contributed by atoms with van der Waals surface area (Å²) >= 11 is 12.3. The fourth-order valence-electron chi connectivity index (χ4n) is 3.15. The van der Waals surface area contributed by atoms with E-state index in [2.05, 4.69) is 9.88 Å². The van der Waals surface area contributed by atoms with Crippen molar-refractivity contribution in [1.29, 1.82) is 0 Å². The fraction of sp³-hybridized carbons (Fsp3) is 0.263. The number of aromatic nitrogens is 2. The average molecular weight is 390 g/mol. The van der Waals surface area contributed by atoms with Crippen LogP contribution in [0.4, 0.5) is 0 Å². The molecular weight excluding hydrogens is 373 g/mol. The molecule has 3 aromatic rings. The number of hydrogen-bond donors (Lipinski definition) is 0. The molecule has 1 aliphatic heterocycles. The van der Waals surface area contributed by atoms with Gasteiger partial charge in [-0.25, -0.2) is 4.98 Å². The van der Waals surface area contributed by atoms with Gasteiger partial charge in [0.1, 0.15) is 11.5 Å². The van der Waals surface area contributed by atoms with Crippen LogP contribution in [0.5, 0.6) is 0 Å². The number of carbonyl (C=O) groups excluding carboxylic acids is 1. The van der Waals surface area contributed by atoms with Crippen molar-refractivity contribution in [3.05, 3.63) is 69.7 Å². The van der Waals surface area contributed by atoms with E-state index < -0.39 is 0 Å². The lowest BCUT2D eigenvalue weighted by atomic mass is 10.1. The van der Waals surface area contributed by atoms with Gasteiger partial charge in [-0.1, -0.05) is 35.3 Å². The summed E-state index contributed by atoms with van der Waals surface area (Å²) in [6, 6.07) is 10.8. The van der Waals surface area contributed by atoms with Crippen molar-refractivity contribution < 1.29 is 9.53 Å². The van der Waals surface area contributed by atoms with Gasteiger partial charge in [0.25, 0.3) is 0 Å². The van der Waals surface area contributed by atoms with Gasteiger partial charge in [0.05, 0.1) is 35.3 Å². The molecule has 0 aliphatic carbocycles. The average Bonchev–Trinajstić information content (AvgIpc) is 3.03. The summed E-state index contributed by atoms with van der Waals surface area (Å²) in [6.07, 6.45) is 1.93. The van der Waals surface area contributed by atoms with E-state index in [0.29, 0.717) is 36.0 Å². The highest BCUT2D eigenvalue weighted by Crippen LogP contribution is 2.28. The first-order valence-electron chi connectivity index (χ1n) is 8.40. The first kappa shape index (κ1) is 17.5. The summed E-state index contributed by atoms with van der Waals surface area (Å²) in [5, 5.41) is 0.612. The van der Waals surface area contributed by atoms with E-state index in [9.17, 15) is 4.79 Å². The van der Waals surface area contributed by atoms with Gasteiger partial charge in [0.15, 0.2) is 0 Å². The number of rotatable bonds is 4. The molecule has 0 radical (unpaired) electrons. The number of imidazole rings is 1. The van der Waals surface area contributed by atoms with Gasteiger partial charge < -0.3 is 9.14 Å². The van der Waals surface area contributed by atoms with Crippen LogP contribution in [-0.2, 0) is 11.3 Å². The van der Waals surface area contributed by atoms with Crippen LogP contribution < -0.4 is 0 Å². The number of hydrogen-bond acceptors (Lipinski definition) is 4. The Balaban J connectivity index is 1.75. The second kappa shape index (κ2) is 7.37. The Morgan fingerprint density at radius 1 is 1.12 bits per heavy atom. The molecule has 0 saturated carbocycles. The first-order chi connectivity index (χ1) is 12.6. The lowest BCUT2D eigenvalue weighted by Crippen LogP contribution is -2.36. The Hall–Kier alpha value is -1.92. The Bertz CT molecular complexity index is 965. The molecule has 5 nitrogen and oxygen atoms in total. The maximum Gasteiger partial charge on any atom is 0.215 e. The van der Waals surface area contributed by atoms with Gasteiger partial charge in [-0.3, -0.25) is 9.69 Å². The number of morpholine rings is 1. The Morgan fingerprint density at radius 2 is 1.92 bits per heavy atom. The molecule has 0 amide bonds. The molecular formula is C19H17Cl2N3O2. The van der Waals surface area contributed by atoms with Crippen molar-refractivity contribution in [2.24, 2.45) is 0 Å². The van der Waals surface area contributed by atoms with Crippen LogP contribution in [0.3, 0.4) is 0 Å². The molecule has 0 atom stereocenters. The summed E-state index contributed by atoms with van der Waals surface area (Å²) in [4.78, 5) is 20.0. The van der Waals surface area contributed by atoms with Crippen LogP contribution in [0.2, 0.25) is 10.0 Å². The third kappa shape index (κ3) is 3.23. The molecule has 1 saturated heterocycles. The zero-order chi connectivity index (χ0) is 18.1. The molecule has 0 N–H and O–H groups in total.